The Morgan fingerprint density at radius 3 is 2.15 bits per heavy atom. The van der Waals surface area contributed by atoms with Crippen LogP contribution in [0, 0.1) is 0 Å². The molecule has 2 amide bonds. The summed E-state index contributed by atoms with van der Waals surface area (Å²) in [7, 11) is -2.67. The number of ether oxygens (including phenoxy) is 1. The van der Waals surface area contributed by atoms with Crippen molar-refractivity contribution >= 4 is 38.9 Å². The molecule has 0 atom stereocenters. The molecule has 8 nitrogen and oxygen atoms in total. The highest BCUT2D eigenvalue weighted by Gasteiger charge is 2.22. The van der Waals surface area contributed by atoms with Crippen LogP contribution < -0.4 is 20.1 Å². The zero-order valence-corrected chi connectivity index (χ0v) is 19.3. The molecule has 3 N–H and O–H groups in total. The summed E-state index contributed by atoms with van der Waals surface area (Å²) in [6.07, 6.45) is 0.839. The minimum atomic E-state index is -4.03. The van der Waals surface area contributed by atoms with Crippen molar-refractivity contribution < 1.29 is 22.7 Å². The lowest BCUT2D eigenvalue weighted by Gasteiger charge is -2.14. The van der Waals surface area contributed by atoms with Gasteiger partial charge in [-0.25, -0.2) is 8.42 Å². The Morgan fingerprint density at radius 2 is 1.55 bits per heavy atom. The van der Waals surface area contributed by atoms with Crippen LogP contribution in [-0.2, 0) is 21.2 Å². The average molecular weight is 468 g/mol. The Kier molecular flexibility index (Phi) is 7.34. The molecular formula is C24H25N3O5S. The lowest BCUT2D eigenvalue weighted by atomic mass is 10.2. The molecule has 0 fully saturated rings. The fourth-order valence-electron chi connectivity index (χ4n) is 3.13. The third kappa shape index (κ3) is 6.11. The number of hydrogen-bond donors (Lipinski definition) is 3. The van der Waals surface area contributed by atoms with Gasteiger partial charge in [-0.05, 0) is 60.5 Å². The van der Waals surface area contributed by atoms with Crippen LogP contribution in [0.3, 0.4) is 0 Å². The van der Waals surface area contributed by atoms with Crippen molar-refractivity contribution in [2.45, 2.75) is 25.2 Å². The van der Waals surface area contributed by atoms with Gasteiger partial charge in [-0.2, -0.15) is 0 Å². The zero-order valence-electron chi connectivity index (χ0n) is 18.5. The molecule has 3 aromatic carbocycles. The summed E-state index contributed by atoms with van der Waals surface area (Å²) in [5.41, 5.74) is 2.58. The first-order valence-corrected chi connectivity index (χ1v) is 11.7. The predicted molar refractivity (Wildman–Crippen MR) is 128 cm³/mol. The number of carbonyl (C=O) groups is 2. The molecule has 0 aliphatic rings. The van der Waals surface area contributed by atoms with E-state index >= 15 is 0 Å². The smallest absolute Gasteiger partial charge is 0.265 e. The molecule has 0 aromatic heterocycles. The van der Waals surface area contributed by atoms with E-state index in [1.165, 1.54) is 32.2 Å². The zero-order chi connectivity index (χ0) is 24.0. The molecule has 0 spiro atoms. The van der Waals surface area contributed by atoms with E-state index < -0.39 is 15.9 Å². The van der Waals surface area contributed by atoms with E-state index in [4.69, 9.17) is 4.74 Å². The number of benzene rings is 3. The summed E-state index contributed by atoms with van der Waals surface area (Å²) in [6, 6.07) is 17.8. The number of nitrogens with one attached hydrogen (secondary N) is 3. The first kappa shape index (κ1) is 23.8. The van der Waals surface area contributed by atoms with Gasteiger partial charge in [0, 0.05) is 29.5 Å². The summed E-state index contributed by atoms with van der Waals surface area (Å²) in [6.45, 7) is 3.40. The maximum absolute atomic E-state index is 13.1. The molecule has 3 aromatic rings. The summed E-state index contributed by atoms with van der Waals surface area (Å²) in [5, 5.41) is 5.34. The second-order valence-corrected chi connectivity index (χ2v) is 8.89. The highest BCUT2D eigenvalue weighted by molar-refractivity contribution is 7.92. The van der Waals surface area contributed by atoms with Gasteiger partial charge in [0.25, 0.3) is 15.9 Å². The molecule has 0 saturated heterocycles. The Balaban J connectivity index is 1.86. The van der Waals surface area contributed by atoms with Crippen molar-refractivity contribution in [3.05, 3.63) is 77.9 Å². The number of aryl methyl sites for hydroxylation is 1. The van der Waals surface area contributed by atoms with Crippen LogP contribution in [-0.4, -0.2) is 27.3 Å². The molecule has 0 unspecified atom stereocenters. The van der Waals surface area contributed by atoms with Gasteiger partial charge < -0.3 is 15.4 Å². The predicted octanol–water partition coefficient (Wildman–Crippen LogP) is 4.27. The summed E-state index contributed by atoms with van der Waals surface area (Å²) in [4.78, 5) is 23.9. The van der Waals surface area contributed by atoms with E-state index in [1.807, 2.05) is 19.1 Å². The van der Waals surface area contributed by atoms with Gasteiger partial charge in [-0.1, -0.05) is 25.1 Å². The maximum atomic E-state index is 13.1. The fourth-order valence-corrected chi connectivity index (χ4v) is 4.38. The van der Waals surface area contributed by atoms with Crippen molar-refractivity contribution in [3.8, 4) is 5.75 Å². The number of anilines is 3. The van der Waals surface area contributed by atoms with Crippen LogP contribution >= 0.6 is 0 Å². The van der Waals surface area contributed by atoms with Gasteiger partial charge in [0.15, 0.2) is 0 Å². The van der Waals surface area contributed by atoms with Crippen LogP contribution in [0.15, 0.2) is 71.6 Å². The third-order valence-corrected chi connectivity index (χ3v) is 6.17. The largest absolute Gasteiger partial charge is 0.495 e. The monoisotopic (exact) mass is 467 g/mol. The molecule has 9 heteroatoms. The molecule has 0 saturated carbocycles. The van der Waals surface area contributed by atoms with Crippen molar-refractivity contribution in [1.82, 2.24) is 0 Å². The number of hydrogen-bond acceptors (Lipinski definition) is 5. The van der Waals surface area contributed by atoms with Gasteiger partial charge in [-0.3, -0.25) is 14.3 Å². The number of rotatable bonds is 8. The van der Waals surface area contributed by atoms with E-state index in [-0.39, 0.29) is 22.1 Å². The van der Waals surface area contributed by atoms with Crippen LogP contribution in [0.5, 0.6) is 5.75 Å². The van der Waals surface area contributed by atoms with Gasteiger partial charge in [0.05, 0.1) is 7.11 Å². The Bertz CT molecular complexity index is 1270. The summed E-state index contributed by atoms with van der Waals surface area (Å²) in [5.74, 6) is -0.640. The van der Waals surface area contributed by atoms with E-state index in [0.29, 0.717) is 17.1 Å². The molecule has 33 heavy (non-hydrogen) atoms. The molecule has 0 heterocycles. The van der Waals surface area contributed by atoms with Gasteiger partial charge in [0.2, 0.25) is 5.91 Å². The lowest BCUT2D eigenvalue weighted by molar-refractivity contribution is -0.114. The summed E-state index contributed by atoms with van der Waals surface area (Å²) >= 11 is 0. The van der Waals surface area contributed by atoms with Crippen LogP contribution in [0.2, 0.25) is 0 Å². The number of methoxy groups -OCH3 is 1. The Morgan fingerprint density at radius 1 is 0.879 bits per heavy atom. The van der Waals surface area contributed by atoms with Crippen molar-refractivity contribution in [3.63, 3.8) is 0 Å². The van der Waals surface area contributed by atoms with E-state index in [0.717, 1.165) is 12.0 Å². The van der Waals surface area contributed by atoms with Gasteiger partial charge in [0.1, 0.15) is 10.6 Å². The van der Waals surface area contributed by atoms with Crippen LogP contribution in [0.1, 0.15) is 29.8 Å². The fraction of sp³-hybridized carbons (Fsp3) is 0.167. The molecule has 0 radical (unpaired) electrons. The number of amides is 2. The van der Waals surface area contributed by atoms with Crippen molar-refractivity contribution in [1.29, 1.82) is 0 Å². The van der Waals surface area contributed by atoms with E-state index in [1.54, 1.807) is 36.4 Å². The first-order chi connectivity index (χ1) is 15.7. The van der Waals surface area contributed by atoms with Crippen LogP contribution in [0.4, 0.5) is 17.1 Å². The second kappa shape index (κ2) is 10.2. The Labute approximate surface area is 193 Å². The highest BCUT2D eigenvalue weighted by Crippen LogP contribution is 2.28. The van der Waals surface area contributed by atoms with E-state index in [2.05, 4.69) is 15.4 Å². The number of carbonyl (C=O) groups excluding carboxylic acids is 2. The molecular weight excluding hydrogens is 442 g/mol. The van der Waals surface area contributed by atoms with Gasteiger partial charge >= 0.3 is 0 Å². The third-order valence-electron chi connectivity index (χ3n) is 4.77. The van der Waals surface area contributed by atoms with Crippen molar-refractivity contribution in [2.75, 3.05) is 22.5 Å². The highest BCUT2D eigenvalue weighted by atomic mass is 32.2. The normalized spacial score (nSPS) is 10.9. The molecule has 3 rings (SSSR count). The molecule has 0 bridgehead atoms. The average Bonchev–Trinajstić information content (AvgIpc) is 2.78. The quantitative estimate of drug-likeness (QED) is 0.458. The van der Waals surface area contributed by atoms with E-state index in [9.17, 15) is 18.0 Å². The second-order valence-electron chi connectivity index (χ2n) is 7.24. The summed E-state index contributed by atoms with van der Waals surface area (Å²) < 4.78 is 33.8. The Hall–Kier alpha value is -3.85. The van der Waals surface area contributed by atoms with Crippen molar-refractivity contribution in [2.24, 2.45) is 0 Å². The molecule has 0 aliphatic carbocycles. The number of sulfonamides is 1. The molecule has 172 valence electrons. The molecule has 0 aliphatic heterocycles. The SMILES string of the molecule is CCc1ccc(NS(=O)(=O)c2cc(C(=O)Nc3cccc(NC(C)=O)c3)ccc2OC)cc1. The topological polar surface area (TPSA) is 114 Å². The standard InChI is InChI=1S/C24H25N3O5S/c1-4-17-8-11-19(12-9-17)27-33(30,31)23-14-18(10-13-22(23)32-3)24(29)26-21-7-5-6-20(15-21)25-16(2)28/h5-15,27H,4H2,1-3H3,(H,25,28)(H,26,29). The minimum Gasteiger partial charge on any atom is -0.495 e. The minimum absolute atomic E-state index is 0.108. The first-order valence-electron chi connectivity index (χ1n) is 10.2. The van der Waals surface area contributed by atoms with Crippen LogP contribution in [0.25, 0.3) is 0 Å². The van der Waals surface area contributed by atoms with Gasteiger partial charge in [-0.15, -0.1) is 0 Å². The maximum Gasteiger partial charge on any atom is 0.265 e. The lowest BCUT2D eigenvalue weighted by Crippen LogP contribution is -2.17.